The zero-order valence-corrected chi connectivity index (χ0v) is 13.8. The Bertz CT molecular complexity index is 799. The number of carbonyl (C=O) groups excluding carboxylic acids is 2. The van der Waals surface area contributed by atoms with Crippen molar-refractivity contribution < 1.29 is 27.5 Å². The van der Waals surface area contributed by atoms with Gasteiger partial charge in [-0.05, 0) is 12.0 Å². The predicted molar refractivity (Wildman–Crippen MR) is 89.7 cm³/mol. The van der Waals surface area contributed by atoms with Crippen LogP contribution in [-0.4, -0.2) is 25.0 Å². The Labute approximate surface area is 148 Å². The van der Waals surface area contributed by atoms with E-state index < -0.39 is 40.9 Å². The molecule has 0 spiro atoms. The summed E-state index contributed by atoms with van der Waals surface area (Å²) in [5.41, 5.74) is -0.0922. The standard InChI is InChI=1S/C19H16F3NO3/c1-26-19(25)16(9-5-8-12-6-3-2-4-7-12)23-18(24)17-14(21)10-13(20)11-15(17)22/h2-8,10-11,16H,9H2,1H3,(H,23,24)/b8-5+/t16-/m0/s1. The minimum absolute atomic E-state index is 0.0394. The lowest BCUT2D eigenvalue weighted by molar-refractivity contribution is -0.142. The third-order valence-electron chi connectivity index (χ3n) is 3.51. The monoisotopic (exact) mass is 363 g/mol. The normalized spacial score (nSPS) is 12.0. The summed E-state index contributed by atoms with van der Waals surface area (Å²) in [4.78, 5) is 23.9. The molecule has 4 nitrogen and oxygen atoms in total. The molecule has 0 aliphatic rings. The topological polar surface area (TPSA) is 55.4 Å². The lowest BCUT2D eigenvalue weighted by atomic mass is 10.1. The highest BCUT2D eigenvalue weighted by molar-refractivity contribution is 5.97. The summed E-state index contributed by atoms with van der Waals surface area (Å²) in [5, 5.41) is 2.20. The maximum atomic E-state index is 13.7. The van der Waals surface area contributed by atoms with E-state index in [1.54, 1.807) is 12.2 Å². The SMILES string of the molecule is COC(=O)[C@H](C/C=C/c1ccccc1)NC(=O)c1c(F)cc(F)cc1F. The van der Waals surface area contributed by atoms with Gasteiger partial charge in [-0.3, -0.25) is 4.79 Å². The molecule has 1 N–H and O–H groups in total. The second-order valence-corrected chi connectivity index (χ2v) is 5.34. The van der Waals surface area contributed by atoms with Gasteiger partial charge < -0.3 is 10.1 Å². The van der Waals surface area contributed by atoms with Crippen molar-refractivity contribution in [2.45, 2.75) is 12.5 Å². The number of rotatable bonds is 6. The first-order valence-corrected chi connectivity index (χ1v) is 7.67. The van der Waals surface area contributed by atoms with E-state index in [1.165, 1.54) is 0 Å². The quantitative estimate of drug-likeness (QED) is 0.800. The van der Waals surface area contributed by atoms with Crippen LogP contribution in [0.1, 0.15) is 22.3 Å². The first kappa shape index (κ1) is 19.2. The van der Waals surface area contributed by atoms with Gasteiger partial charge in [0.25, 0.3) is 5.91 Å². The highest BCUT2D eigenvalue weighted by Gasteiger charge is 2.25. The molecule has 0 heterocycles. The molecule has 2 aromatic rings. The molecule has 2 rings (SSSR count). The molecule has 7 heteroatoms. The second kappa shape index (κ2) is 8.84. The molecular formula is C19H16F3NO3. The Hall–Kier alpha value is -3.09. The summed E-state index contributed by atoms with van der Waals surface area (Å²) in [6, 6.07) is 8.81. The van der Waals surface area contributed by atoms with Crippen LogP contribution < -0.4 is 5.32 Å². The molecule has 0 saturated carbocycles. The van der Waals surface area contributed by atoms with Crippen molar-refractivity contribution in [3.63, 3.8) is 0 Å². The molecule has 0 saturated heterocycles. The Balaban J connectivity index is 2.14. The molecule has 0 unspecified atom stereocenters. The summed E-state index contributed by atoms with van der Waals surface area (Å²) in [6.45, 7) is 0. The maximum Gasteiger partial charge on any atom is 0.328 e. The van der Waals surface area contributed by atoms with E-state index in [9.17, 15) is 22.8 Å². The van der Waals surface area contributed by atoms with Gasteiger partial charge in [0.1, 0.15) is 29.1 Å². The molecule has 136 valence electrons. The molecule has 0 aliphatic heterocycles. The van der Waals surface area contributed by atoms with E-state index in [4.69, 9.17) is 0 Å². The van der Waals surface area contributed by atoms with Gasteiger partial charge in [0, 0.05) is 12.1 Å². The Morgan fingerprint density at radius 2 is 1.73 bits per heavy atom. The fraction of sp³-hybridized carbons (Fsp3) is 0.158. The zero-order valence-electron chi connectivity index (χ0n) is 13.8. The van der Waals surface area contributed by atoms with Crippen molar-refractivity contribution in [3.05, 3.63) is 77.1 Å². The van der Waals surface area contributed by atoms with Crippen LogP contribution in [0.2, 0.25) is 0 Å². The number of halogens is 3. The van der Waals surface area contributed by atoms with E-state index in [0.29, 0.717) is 12.1 Å². The molecule has 1 atom stereocenters. The van der Waals surface area contributed by atoms with Gasteiger partial charge in [0.2, 0.25) is 0 Å². The van der Waals surface area contributed by atoms with E-state index in [2.05, 4.69) is 10.1 Å². The van der Waals surface area contributed by atoms with E-state index >= 15 is 0 Å². The van der Waals surface area contributed by atoms with Crippen LogP contribution in [0.3, 0.4) is 0 Å². The summed E-state index contributed by atoms with van der Waals surface area (Å²) in [7, 11) is 1.13. The van der Waals surface area contributed by atoms with Crippen LogP contribution in [0.25, 0.3) is 6.08 Å². The van der Waals surface area contributed by atoms with Gasteiger partial charge in [0.15, 0.2) is 0 Å². The van der Waals surface area contributed by atoms with Crippen LogP contribution in [0, 0.1) is 17.5 Å². The lowest BCUT2D eigenvalue weighted by Crippen LogP contribution is -2.41. The number of hydrogen-bond donors (Lipinski definition) is 1. The maximum absolute atomic E-state index is 13.7. The van der Waals surface area contributed by atoms with Crippen LogP contribution in [-0.2, 0) is 9.53 Å². The molecular weight excluding hydrogens is 347 g/mol. The van der Waals surface area contributed by atoms with Gasteiger partial charge in [-0.1, -0.05) is 42.5 Å². The van der Waals surface area contributed by atoms with Crippen LogP contribution in [0.5, 0.6) is 0 Å². The lowest BCUT2D eigenvalue weighted by Gasteiger charge is -2.15. The van der Waals surface area contributed by atoms with Gasteiger partial charge in [-0.2, -0.15) is 0 Å². The van der Waals surface area contributed by atoms with Crippen LogP contribution in [0.4, 0.5) is 13.2 Å². The number of amides is 1. The predicted octanol–water partition coefficient (Wildman–Crippen LogP) is 3.48. The molecule has 0 aliphatic carbocycles. The number of hydrogen-bond acceptors (Lipinski definition) is 3. The molecule has 26 heavy (non-hydrogen) atoms. The van der Waals surface area contributed by atoms with Crippen molar-refractivity contribution in [2.75, 3.05) is 7.11 Å². The van der Waals surface area contributed by atoms with E-state index in [1.807, 2.05) is 30.3 Å². The summed E-state index contributed by atoms with van der Waals surface area (Å²) >= 11 is 0. The summed E-state index contributed by atoms with van der Waals surface area (Å²) in [6.07, 6.45) is 3.38. The van der Waals surface area contributed by atoms with Crippen molar-refractivity contribution in [3.8, 4) is 0 Å². The van der Waals surface area contributed by atoms with Crippen molar-refractivity contribution in [1.29, 1.82) is 0 Å². The highest BCUT2D eigenvalue weighted by Crippen LogP contribution is 2.15. The van der Waals surface area contributed by atoms with Crippen LogP contribution in [0.15, 0.2) is 48.5 Å². The van der Waals surface area contributed by atoms with Crippen LogP contribution >= 0.6 is 0 Å². The van der Waals surface area contributed by atoms with Crippen molar-refractivity contribution in [2.24, 2.45) is 0 Å². The van der Waals surface area contributed by atoms with Gasteiger partial charge >= 0.3 is 5.97 Å². The Kier molecular flexibility index (Phi) is 6.54. The smallest absolute Gasteiger partial charge is 0.328 e. The average molecular weight is 363 g/mol. The number of methoxy groups -OCH3 is 1. The zero-order chi connectivity index (χ0) is 19.1. The van der Waals surface area contributed by atoms with Gasteiger partial charge in [0.05, 0.1) is 7.11 Å². The molecule has 0 aromatic heterocycles. The molecule has 0 fully saturated rings. The van der Waals surface area contributed by atoms with E-state index in [-0.39, 0.29) is 6.42 Å². The number of esters is 1. The fourth-order valence-corrected chi connectivity index (χ4v) is 2.25. The molecule has 1 amide bonds. The Morgan fingerprint density at radius 1 is 1.12 bits per heavy atom. The first-order chi connectivity index (χ1) is 12.4. The largest absolute Gasteiger partial charge is 0.467 e. The molecule has 2 aromatic carbocycles. The highest BCUT2D eigenvalue weighted by atomic mass is 19.1. The fourth-order valence-electron chi connectivity index (χ4n) is 2.25. The van der Waals surface area contributed by atoms with E-state index in [0.717, 1.165) is 12.7 Å². The molecule has 0 bridgehead atoms. The van der Waals surface area contributed by atoms with Gasteiger partial charge in [-0.25, -0.2) is 18.0 Å². The number of nitrogens with one attached hydrogen (secondary N) is 1. The third kappa shape index (κ3) is 4.95. The van der Waals surface area contributed by atoms with Gasteiger partial charge in [-0.15, -0.1) is 0 Å². The number of benzene rings is 2. The minimum atomic E-state index is -1.36. The summed E-state index contributed by atoms with van der Waals surface area (Å²) < 4.78 is 44.9. The van der Waals surface area contributed by atoms with Crippen molar-refractivity contribution >= 4 is 18.0 Å². The second-order valence-electron chi connectivity index (χ2n) is 5.34. The van der Waals surface area contributed by atoms with Crippen molar-refractivity contribution in [1.82, 2.24) is 5.32 Å². The summed E-state index contributed by atoms with van der Waals surface area (Å²) in [5.74, 6) is -5.82. The molecule has 0 radical (unpaired) electrons. The number of ether oxygens (including phenoxy) is 1. The number of carbonyl (C=O) groups is 2. The first-order valence-electron chi connectivity index (χ1n) is 7.67. The average Bonchev–Trinajstić information content (AvgIpc) is 2.60. The minimum Gasteiger partial charge on any atom is -0.467 e. The Morgan fingerprint density at radius 3 is 2.31 bits per heavy atom. The third-order valence-corrected chi connectivity index (χ3v) is 3.51.